The van der Waals surface area contributed by atoms with Gasteiger partial charge in [-0.05, 0) is 12.1 Å². The normalized spacial score (nSPS) is 14.8. The summed E-state index contributed by atoms with van der Waals surface area (Å²) in [6.07, 6.45) is -4.91. The molecule has 0 aliphatic carbocycles. The molecule has 0 bridgehead atoms. The lowest BCUT2D eigenvalue weighted by molar-refractivity contribution is -0.138. The predicted molar refractivity (Wildman–Crippen MR) is 45.7 cm³/mol. The summed E-state index contributed by atoms with van der Waals surface area (Å²) >= 11 is 0. The minimum absolute atomic E-state index is 0.504. The Balaban J connectivity index is 3.36. The van der Waals surface area contributed by atoms with Crippen molar-refractivity contribution < 1.29 is 30.5 Å². The number of hydrogen-bond acceptors (Lipinski definition) is 2. The maximum Gasteiger partial charge on any atom is 0.416 e. The van der Waals surface area contributed by atoms with E-state index >= 15 is 0 Å². The highest BCUT2D eigenvalue weighted by molar-refractivity contribution is 7.85. The van der Waals surface area contributed by atoms with Crippen LogP contribution in [-0.2, 0) is 16.3 Å². The fraction of sp³-hybridized carbons (Fsp3) is 0.250. The Morgan fingerprint density at radius 3 is 2.38 bits per heavy atom. The Morgan fingerprint density at radius 2 is 1.94 bits per heavy atom. The standard InChI is InChI=1S/C8H5F4O3S/c9-7(16(13,14)15)5-3-1-2-4-6(5)8(10,11)12/h1-2,4,7H,(H,13,14,15). The van der Waals surface area contributed by atoms with Crippen LogP contribution in [0.25, 0.3) is 0 Å². The van der Waals surface area contributed by atoms with Crippen LogP contribution in [-0.4, -0.2) is 13.0 Å². The van der Waals surface area contributed by atoms with Crippen LogP contribution in [0.2, 0.25) is 0 Å². The molecule has 1 radical (unpaired) electrons. The van der Waals surface area contributed by atoms with Gasteiger partial charge in [-0.2, -0.15) is 21.6 Å². The molecular formula is C8H5F4O3S. The smallest absolute Gasteiger partial charge is 0.283 e. The highest BCUT2D eigenvalue weighted by Gasteiger charge is 2.38. The average Bonchev–Trinajstić information content (AvgIpc) is 2.14. The lowest BCUT2D eigenvalue weighted by atomic mass is 10.1. The first kappa shape index (κ1) is 12.9. The van der Waals surface area contributed by atoms with Crippen LogP contribution in [0.1, 0.15) is 16.6 Å². The molecule has 1 aromatic rings. The van der Waals surface area contributed by atoms with Gasteiger partial charge < -0.3 is 0 Å². The summed E-state index contributed by atoms with van der Waals surface area (Å²) in [6.45, 7) is 0. The van der Waals surface area contributed by atoms with Gasteiger partial charge in [-0.3, -0.25) is 4.55 Å². The Bertz CT molecular complexity index is 480. The monoisotopic (exact) mass is 257 g/mol. The van der Waals surface area contributed by atoms with Gasteiger partial charge in [-0.25, -0.2) is 4.39 Å². The first-order chi connectivity index (χ1) is 7.14. The topological polar surface area (TPSA) is 54.4 Å². The van der Waals surface area contributed by atoms with Gasteiger partial charge in [0.2, 0.25) is 0 Å². The Hall–Kier alpha value is -1.15. The van der Waals surface area contributed by atoms with Crippen molar-refractivity contribution >= 4 is 10.1 Å². The second kappa shape index (κ2) is 4.02. The van der Waals surface area contributed by atoms with E-state index in [9.17, 15) is 26.0 Å². The highest BCUT2D eigenvalue weighted by atomic mass is 32.2. The van der Waals surface area contributed by atoms with Gasteiger partial charge in [0.05, 0.1) is 5.56 Å². The Kier molecular flexibility index (Phi) is 3.25. The van der Waals surface area contributed by atoms with Crippen molar-refractivity contribution in [3.63, 3.8) is 0 Å². The van der Waals surface area contributed by atoms with Crippen LogP contribution in [0.15, 0.2) is 18.2 Å². The first-order valence-corrected chi connectivity index (χ1v) is 5.32. The molecule has 16 heavy (non-hydrogen) atoms. The zero-order valence-electron chi connectivity index (χ0n) is 7.49. The molecule has 89 valence electrons. The van der Waals surface area contributed by atoms with Gasteiger partial charge >= 0.3 is 16.3 Å². The van der Waals surface area contributed by atoms with Crippen LogP contribution in [0.3, 0.4) is 0 Å². The summed E-state index contributed by atoms with van der Waals surface area (Å²) < 4.78 is 79.2. The van der Waals surface area contributed by atoms with Crippen LogP contribution in [0.4, 0.5) is 17.6 Å². The molecule has 8 heteroatoms. The molecule has 3 nitrogen and oxygen atoms in total. The van der Waals surface area contributed by atoms with Crippen LogP contribution in [0.5, 0.6) is 0 Å². The maximum absolute atomic E-state index is 13.1. The Labute approximate surface area is 88.5 Å². The zero-order chi connectivity index (χ0) is 12.6. The van der Waals surface area contributed by atoms with Crippen molar-refractivity contribution in [1.29, 1.82) is 0 Å². The van der Waals surface area contributed by atoms with Gasteiger partial charge in [0, 0.05) is 5.56 Å². The number of hydrogen-bond donors (Lipinski definition) is 1. The van der Waals surface area contributed by atoms with E-state index in [1.54, 1.807) is 0 Å². The third kappa shape index (κ3) is 2.70. The minimum Gasteiger partial charge on any atom is -0.283 e. The molecule has 0 aromatic heterocycles. The quantitative estimate of drug-likeness (QED) is 0.653. The molecule has 1 aromatic carbocycles. The zero-order valence-corrected chi connectivity index (χ0v) is 8.31. The number of benzene rings is 1. The molecule has 0 amide bonds. The van der Waals surface area contributed by atoms with Gasteiger partial charge in [0.15, 0.2) is 0 Å². The molecule has 0 aliphatic heterocycles. The largest absolute Gasteiger partial charge is 0.416 e. The predicted octanol–water partition coefficient (Wildman–Crippen LogP) is 2.36. The Morgan fingerprint density at radius 1 is 1.38 bits per heavy atom. The molecule has 1 rings (SSSR count). The van der Waals surface area contributed by atoms with E-state index in [2.05, 4.69) is 0 Å². The van der Waals surface area contributed by atoms with E-state index in [1.165, 1.54) is 0 Å². The highest BCUT2D eigenvalue weighted by Crippen LogP contribution is 2.36. The van der Waals surface area contributed by atoms with Gasteiger partial charge in [-0.15, -0.1) is 0 Å². The van der Waals surface area contributed by atoms with Gasteiger partial charge in [0.1, 0.15) is 0 Å². The summed E-state index contributed by atoms with van der Waals surface area (Å²) in [7, 11) is -5.24. The summed E-state index contributed by atoms with van der Waals surface area (Å²) in [6, 6.07) is 4.17. The number of halogens is 4. The van der Waals surface area contributed by atoms with Crippen molar-refractivity contribution in [3.05, 3.63) is 35.4 Å². The van der Waals surface area contributed by atoms with E-state index in [0.717, 1.165) is 12.1 Å². The van der Waals surface area contributed by atoms with E-state index < -0.39 is 32.9 Å². The number of rotatable bonds is 2. The second-order valence-electron chi connectivity index (χ2n) is 2.83. The summed E-state index contributed by atoms with van der Waals surface area (Å²) in [4.78, 5) is 0. The average molecular weight is 257 g/mol. The van der Waals surface area contributed by atoms with Gasteiger partial charge in [0.25, 0.3) is 5.50 Å². The van der Waals surface area contributed by atoms with E-state index in [4.69, 9.17) is 4.55 Å². The fourth-order valence-corrected chi connectivity index (χ4v) is 1.53. The van der Waals surface area contributed by atoms with Crippen molar-refractivity contribution in [2.75, 3.05) is 0 Å². The fourth-order valence-electron chi connectivity index (χ4n) is 1.03. The summed E-state index contributed by atoms with van der Waals surface area (Å²) in [5.41, 5.74) is -5.90. The van der Waals surface area contributed by atoms with E-state index in [-0.39, 0.29) is 0 Å². The molecule has 0 saturated carbocycles. The third-order valence-corrected chi connectivity index (χ3v) is 2.44. The molecule has 0 aliphatic rings. The molecular weight excluding hydrogens is 252 g/mol. The van der Waals surface area contributed by atoms with Crippen molar-refractivity contribution in [3.8, 4) is 0 Å². The summed E-state index contributed by atoms with van der Waals surface area (Å²) in [5.74, 6) is 0. The molecule has 1 unspecified atom stereocenters. The molecule has 0 spiro atoms. The van der Waals surface area contributed by atoms with E-state index in [0.29, 0.717) is 6.07 Å². The molecule has 0 fully saturated rings. The van der Waals surface area contributed by atoms with Crippen molar-refractivity contribution in [1.82, 2.24) is 0 Å². The molecule has 1 N–H and O–H groups in total. The van der Waals surface area contributed by atoms with Crippen LogP contribution in [0, 0.1) is 6.07 Å². The molecule has 0 heterocycles. The first-order valence-electron chi connectivity index (χ1n) is 3.82. The lowest BCUT2D eigenvalue weighted by Gasteiger charge is -2.13. The second-order valence-corrected chi connectivity index (χ2v) is 4.27. The maximum atomic E-state index is 13.1. The van der Waals surface area contributed by atoms with Crippen molar-refractivity contribution in [2.45, 2.75) is 11.7 Å². The number of alkyl halides is 4. The van der Waals surface area contributed by atoms with Crippen LogP contribution >= 0.6 is 0 Å². The van der Waals surface area contributed by atoms with Crippen LogP contribution < -0.4 is 0 Å². The molecule has 0 saturated heterocycles. The molecule has 1 atom stereocenters. The minimum atomic E-state index is -5.24. The third-order valence-electron chi connectivity index (χ3n) is 1.68. The van der Waals surface area contributed by atoms with E-state index in [1.807, 2.05) is 6.07 Å². The lowest BCUT2D eigenvalue weighted by Crippen LogP contribution is -2.15. The summed E-state index contributed by atoms with van der Waals surface area (Å²) in [5, 5.41) is 0. The SMILES string of the molecule is O=S(=O)(O)C(F)c1[c]cccc1C(F)(F)F. The van der Waals surface area contributed by atoms with Crippen molar-refractivity contribution in [2.24, 2.45) is 0 Å². The van der Waals surface area contributed by atoms with Gasteiger partial charge in [-0.1, -0.05) is 12.1 Å².